The third-order valence-corrected chi connectivity index (χ3v) is 2.87. The Morgan fingerprint density at radius 3 is 2.06 bits per heavy atom. The lowest BCUT2D eigenvalue weighted by atomic mass is 9.78. The summed E-state index contributed by atoms with van der Waals surface area (Å²) in [4.78, 5) is 11.1. The van der Waals surface area contributed by atoms with Crippen LogP contribution in [0.3, 0.4) is 0 Å². The molecule has 3 nitrogen and oxygen atoms in total. The van der Waals surface area contributed by atoms with Crippen LogP contribution in [0.4, 0.5) is 13.2 Å². The van der Waals surface area contributed by atoms with Gasteiger partial charge in [0.15, 0.2) is 0 Å². The Hall–Kier alpha value is -1.56. The van der Waals surface area contributed by atoms with E-state index in [2.05, 4.69) is 0 Å². The smallest absolute Gasteiger partial charge is 0.416 e. The van der Waals surface area contributed by atoms with Gasteiger partial charge in [0.05, 0.1) is 18.8 Å². The molecule has 0 bridgehead atoms. The van der Waals surface area contributed by atoms with E-state index in [0.29, 0.717) is 5.56 Å². The molecule has 2 rings (SSSR count). The first-order chi connectivity index (χ1) is 7.86. The number of carbonyl (C=O) groups is 1. The second-order valence-corrected chi connectivity index (χ2v) is 3.96. The van der Waals surface area contributed by atoms with Gasteiger partial charge in [-0.15, -0.1) is 0 Å². The number of carboxylic acids is 1. The standard InChI is InChI=1S/C11H9F3O3/c12-11(13,14)8-3-1-7(2-4-8)10(9(15)16)5-17-6-10/h1-4H,5-6H2,(H,15,16). The highest BCUT2D eigenvalue weighted by atomic mass is 19.4. The number of aliphatic carboxylic acids is 1. The first-order valence-electron chi connectivity index (χ1n) is 4.85. The summed E-state index contributed by atoms with van der Waals surface area (Å²) >= 11 is 0. The lowest BCUT2D eigenvalue weighted by Crippen LogP contribution is -2.53. The van der Waals surface area contributed by atoms with Gasteiger partial charge in [-0.2, -0.15) is 13.2 Å². The molecule has 0 unspecified atom stereocenters. The van der Waals surface area contributed by atoms with Gasteiger partial charge in [-0.25, -0.2) is 0 Å². The second kappa shape index (κ2) is 3.73. The average Bonchev–Trinajstić information content (AvgIpc) is 2.14. The molecule has 0 radical (unpaired) electrons. The second-order valence-electron chi connectivity index (χ2n) is 3.96. The van der Waals surface area contributed by atoms with Crippen LogP contribution in [-0.2, 0) is 21.1 Å². The number of ether oxygens (including phenoxy) is 1. The van der Waals surface area contributed by atoms with Crippen LogP contribution in [0.1, 0.15) is 11.1 Å². The Bertz CT molecular complexity index is 432. The Labute approximate surface area is 94.8 Å². The van der Waals surface area contributed by atoms with Gasteiger partial charge in [0.2, 0.25) is 0 Å². The van der Waals surface area contributed by atoms with E-state index in [1.54, 1.807) is 0 Å². The largest absolute Gasteiger partial charge is 0.480 e. The third-order valence-electron chi connectivity index (χ3n) is 2.87. The molecule has 0 saturated carbocycles. The minimum atomic E-state index is -4.41. The summed E-state index contributed by atoms with van der Waals surface area (Å²) in [7, 11) is 0. The maximum Gasteiger partial charge on any atom is 0.416 e. The summed E-state index contributed by atoms with van der Waals surface area (Å²) in [5.41, 5.74) is -1.64. The van der Waals surface area contributed by atoms with Crippen LogP contribution < -0.4 is 0 Å². The molecule has 1 N–H and O–H groups in total. The van der Waals surface area contributed by atoms with Gasteiger partial charge in [-0.05, 0) is 17.7 Å². The van der Waals surface area contributed by atoms with Gasteiger partial charge >= 0.3 is 12.1 Å². The van der Waals surface area contributed by atoms with E-state index in [-0.39, 0.29) is 13.2 Å². The normalized spacial score (nSPS) is 18.5. The number of halogens is 3. The minimum Gasteiger partial charge on any atom is -0.480 e. The van der Waals surface area contributed by atoms with Crippen molar-refractivity contribution in [1.29, 1.82) is 0 Å². The van der Waals surface area contributed by atoms with Crippen molar-refractivity contribution in [3.63, 3.8) is 0 Å². The number of hydrogen-bond donors (Lipinski definition) is 1. The maximum atomic E-state index is 12.3. The van der Waals surface area contributed by atoms with Crippen LogP contribution in [0.15, 0.2) is 24.3 Å². The summed E-state index contributed by atoms with van der Waals surface area (Å²) in [6.07, 6.45) is -4.41. The fraction of sp³-hybridized carbons (Fsp3) is 0.364. The highest BCUT2D eigenvalue weighted by Crippen LogP contribution is 2.35. The minimum absolute atomic E-state index is 0.00625. The van der Waals surface area contributed by atoms with Gasteiger partial charge in [-0.1, -0.05) is 12.1 Å². The Morgan fingerprint density at radius 1 is 1.24 bits per heavy atom. The molecule has 6 heteroatoms. The summed E-state index contributed by atoms with van der Waals surface area (Å²) in [5, 5.41) is 9.06. The zero-order valence-electron chi connectivity index (χ0n) is 8.62. The molecule has 0 aliphatic carbocycles. The van der Waals surface area contributed by atoms with Crippen LogP contribution in [0.2, 0.25) is 0 Å². The number of alkyl halides is 3. The highest BCUT2D eigenvalue weighted by Gasteiger charge is 2.48. The molecular formula is C11H9F3O3. The Kier molecular flexibility index (Phi) is 2.61. The van der Waals surface area contributed by atoms with Crippen molar-refractivity contribution >= 4 is 5.97 Å². The lowest BCUT2D eigenvalue weighted by molar-refractivity contribution is -0.163. The third kappa shape index (κ3) is 1.88. The van der Waals surface area contributed by atoms with E-state index in [4.69, 9.17) is 9.84 Å². The van der Waals surface area contributed by atoms with Crippen LogP contribution in [0.25, 0.3) is 0 Å². The van der Waals surface area contributed by atoms with Crippen molar-refractivity contribution in [3.8, 4) is 0 Å². The molecule has 1 aromatic carbocycles. The van der Waals surface area contributed by atoms with Gasteiger partial charge < -0.3 is 9.84 Å². The van der Waals surface area contributed by atoms with E-state index in [1.807, 2.05) is 0 Å². The van der Waals surface area contributed by atoms with Gasteiger partial charge in [0.1, 0.15) is 5.41 Å². The van der Waals surface area contributed by atoms with Crippen molar-refractivity contribution in [2.75, 3.05) is 13.2 Å². The summed E-state index contributed by atoms with van der Waals surface area (Å²) in [6, 6.07) is 4.16. The monoisotopic (exact) mass is 246 g/mol. The molecule has 92 valence electrons. The first kappa shape index (κ1) is 11.9. The molecule has 0 atom stereocenters. The van der Waals surface area contributed by atoms with E-state index in [1.165, 1.54) is 12.1 Å². The highest BCUT2D eigenvalue weighted by molar-refractivity contribution is 5.82. The van der Waals surface area contributed by atoms with E-state index >= 15 is 0 Å². The molecule has 0 spiro atoms. The van der Waals surface area contributed by atoms with Crippen LogP contribution >= 0.6 is 0 Å². The average molecular weight is 246 g/mol. The van der Waals surface area contributed by atoms with Gasteiger partial charge in [0.25, 0.3) is 0 Å². The molecule has 0 aromatic heterocycles. The van der Waals surface area contributed by atoms with E-state index in [9.17, 15) is 18.0 Å². The number of carboxylic acid groups (broad SMARTS) is 1. The predicted octanol–water partition coefficient (Wildman–Crippen LogP) is 2.06. The fourth-order valence-electron chi connectivity index (χ4n) is 1.70. The van der Waals surface area contributed by atoms with Gasteiger partial charge in [0, 0.05) is 0 Å². The van der Waals surface area contributed by atoms with E-state index < -0.39 is 23.1 Å². The van der Waals surface area contributed by atoms with Crippen LogP contribution in [0.5, 0.6) is 0 Å². The molecule has 1 aliphatic heterocycles. The Morgan fingerprint density at radius 2 is 1.76 bits per heavy atom. The molecular weight excluding hydrogens is 237 g/mol. The molecule has 1 heterocycles. The maximum absolute atomic E-state index is 12.3. The first-order valence-corrected chi connectivity index (χ1v) is 4.85. The SMILES string of the molecule is O=C(O)C1(c2ccc(C(F)(F)F)cc2)COC1. The van der Waals surface area contributed by atoms with Crippen molar-refractivity contribution in [1.82, 2.24) is 0 Å². The number of rotatable bonds is 2. The molecule has 1 fully saturated rings. The van der Waals surface area contributed by atoms with Crippen molar-refractivity contribution < 1.29 is 27.8 Å². The topological polar surface area (TPSA) is 46.5 Å². The Balaban J connectivity index is 2.32. The van der Waals surface area contributed by atoms with Crippen LogP contribution in [0, 0.1) is 0 Å². The molecule has 17 heavy (non-hydrogen) atoms. The quantitative estimate of drug-likeness (QED) is 0.868. The molecule has 0 amide bonds. The molecule has 1 aliphatic rings. The summed E-state index contributed by atoms with van der Waals surface area (Å²) in [6.45, 7) is -0.0125. The van der Waals surface area contributed by atoms with Crippen molar-refractivity contribution in [2.24, 2.45) is 0 Å². The zero-order valence-corrected chi connectivity index (χ0v) is 8.62. The van der Waals surface area contributed by atoms with Gasteiger partial charge in [-0.3, -0.25) is 4.79 Å². The summed E-state index contributed by atoms with van der Waals surface area (Å²) in [5.74, 6) is -1.08. The number of benzene rings is 1. The van der Waals surface area contributed by atoms with Crippen LogP contribution in [-0.4, -0.2) is 24.3 Å². The molecule has 1 saturated heterocycles. The lowest BCUT2D eigenvalue weighted by Gasteiger charge is -2.37. The predicted molar refractivity (Wildman–Crippen MR) is 51.6 cm³/mol. The summed E-state index contributed by atoms with van der Waals surface area (Å²) < 4.78 is 41.8. The number of hydrogen-bond acceptors (Lipinski definition) is 2. The van der Waals surface area contributed by atoms with E-state index in [0.717, 1.165) is 12.1 Å². The fourth-order valence-corrected chi connectivity index (χ4v) is 1.70. The molecule has 1 aromatic rings. The van der Waals surface area contributed by atoms with Crippen molar-refractivity contribution in [3.05, 3.63) is 35.4 Å². The van der Waals surface area contributed by atoms with Crippen molar-refractivity contribution in [2.45, 2.75) is 11.6 Å². The zero-order chi connectivity index (χ0) is 12.7.